The molecule has 6 heteroatoms. The number of piperidine rings is 1. The number of likely N-dealkylation sites (tertiary alicyclic amines) is 1. The third-order valence-corrected chi connectivity index (χ3v) is 6.17. The van der Waals surface area contributed by atoms with Gasteiger partial charge in [-0.15, -0.1) is 0 Å². The summed E-state index contributed by atoms with van der Waals surface area (Å²) in [4.78, 5) is 30.6. The van der Waals surface area contributed by atoms with Gasteiger partial charge in [0.15, 0.2) is 11.5 Å². The predicted molar refractivity (Wildman–Crippen MR) is 116 cm³/mol. The van der Waals surface area contributed by atoms with Gasteiger partial charge in [0.1, 0.15) is 5.70 Å². The van der Waals surface area contributed by atoms with Crippen LogP contribution in [0.4, 0.5) is 0 Å². The lowest BCUT2D eigenvalue weighted by Crippen LogP contribution is -2.41. The maximum atomic E-state index is 13.6. The van der Waals surface area contributed by atoms with Crippen LogP contribution < -0.4 is 9.47 Å². The topological polar surface area (TPSA) is 59.1 Å². The highest BCUT2D eigenvalue weighted by atomic mass is 16.7. The number of imide groups is 1. The number of hydrogen-bond acceptors (Lipinski definition) is 5. The summed E-state index contributed by atoms with van der Waals surface area (Å²) in [5, 5.41) is 0. The van der Waals surface area contributed by atoms with Crippen molar-refractivity contribution in [3.05, 3.63) is 65.4 Å². The molecular formula is C25H26N2O4. The second-order valence-corrected chi connectivity index (χ2v) is 8.82. The van der Waals surface area contributed by atoms with E-state index in [-0.39, 0.29) is 25.2 Å². The van der Waals surface area contributed by atoms with Gasteiger partial charge in [-0.2, -0.15) is 0 Å². The van der Waals surface area contributed by atoms with Gasteiger partial charge in [-0.1, -0.05) is 50.2 Å². The molecule has 0 spiro atoms. The molecule has 6 nitrogen and oxygen atoms in total. The molecule has 2 amide bonds. The van der Waals surface area contributed by atoms with E-state index in [2.05, 4.69) is 18.7 Å². The van der Waals surface area contributed by atoms with Gasteiger partial charge in [0.2, 0.25) is 6.79 Å². The van der Waals surface area contributed by atoms with Crippen LogP contribution in [0.25, 0.3) is 5.57 Å². The van der Waals surface area contributed by atoms with Crippen LogP contribution in [-0.2, 0) is 16.1 Å². The quantitative estimate of drug-likeness (QED) is 0.709. The summed E-state index contributed by atoms with van der Waals surface area (Å²) in [7, 11) is 0. The highest BCUT2D eigenvalue weighted by Gasteiger charge is 2.42. The molecule has 0 saturated carbocycles. The lowest BCUT2D eigenvalue weighted by Gasteiger charge is -2.37. The van der Waals surface area contributed by atoms with Crippen molar-refractivity contribution in [2.45, 2.75) is 26.8 Å². The summed E-state index contributed by atoms with van der Waals surface area (Å²) in [5.41, 5.74) is 2.66. The molecule has 2 aromatic carbocycles. The molecular weight excluding hydrogens is 392 g/mol. The Morgan fingerprint density at radius 2 is 1.61 bits per heavy atom. The van der Waals surface area contributed by atoms with E-state index in [0.29, 0.717) is 34.6 Å². The molecule has 2 atom stereocenters. The summed E-state index contributed by atoms with van der Waals surface area (Å²) in [6.45, 7) is 6.37. The second kappa shape index (κ2) is 7.76. The lowest BCUT2D eigenvalue weighted by molar-refractivity contribution is -0.138. The van der Waals surface area contributed by atoms with E-state index >= 15 is 0 Å². The van der Waals surface area contributed by atoms with Crippen LogP contribution in [0.15, 0.2) is 54.2 Å². The number of ether oxygens (including phenoxy) is 2. The number of nitrogens with zero attached hydrogens (tertiary/aromatic N) is 2. The van der Waals surface area contributed by atoms with Crippen LogP contribution >= 0.6 is 0 Å². The van der Waals surface area contributed by atoms with Gasteiger partial charge in [-0.05, 0) is 41.5 Å². The Morgan fingerprint density at radius 1 is 0.903 bits per heavy atom. The largest absolute Gasteiger partial charge is 0.454 e. The third-order valence-electron chi connectivity index (χ3n) is 6.17. The van der Waals surface area contributed by atoms with E-state index in [9.17, 15) is 9.59 Å². The number of fused-ring (bicyclic) bond motifs is 1. The first kappa shape index (κ1) is 19.7. The smallest absolute Gasteiger partial charge is 0.278 e. The highest BCUT2D eigenvalue weighted by Crippen LogP contribution is 2.37. The minimum atomic E-state index is -0.241. The van der Waals surface area contributed by atoms with E-state index < -0.39 is 0 Å². The summed E-state index contributed by atoms with van der Waals surface area (Å²) in [6.07, 6.45) is 1.13. The van der Waals surface area contributed by atoms with Crippen LogP contribution in [0.5, 0.6) is 11.5 Å². The Morgan fingerprint density at radius 3 is 2.35 bits per heavy atom. The maximum absolute atomic E-state index is 13.6. The highest BCUT2D eigenvalue weighted by molar-refractivity contribution is 6.35. The lowest BCUT2D eigenvalue weighted by atomic mass is 9.91. The zero-order valence-corrected chi connectivity index (χ0v) is 17.8. The van der Waals surface area contributed by atoms with E-state index in [0.717, 1.165) is 30.6 Å². The van der Waals surface area contributed by atoms with Crippen molar-refractivity contribution >= 4 is 17.4 Å². The average molecular weight is 418 g/mol. The normalized spacial score (nSPS) is 23.2. The summed E-state index contributed by atoms with van der Waals surface area (Å²) < 4.78 is 10.8. The SMILES string of the molecule is CC1CC(C)CN(C2=C(c3ccccc3)C(=O)N(Cc3ccc4c(c3)OCO4)C2=O)C1. The van der Waals surface area contributed by atoms with Crippen LogP contribution in [0.2, 0.25) is 0 Å². The summed E-state index contributed by atoms with van der Waals surface area (Å²) in [5.74, 6) is 1.81. The summed E-state index contributed by atoms with van der Waals surface area (Å²) in [6, 6.07) is 15.1. The minimum Gasteiger partial charge on any atom is -0.454 e. The van der Waals surface area contributed by atoms with Crippen LogP contribution in [0.1, 0.15) is 31.4 Å². The Labute approximate surface area is 182 Å². The maximum Gasteiger partial charge on any atom is 0.278 e. The van der Waals surface area contributed by atoms with Gasteiger partial charge in [-0.25, -0.2) is 0 Å². The average Bonchev–Trinajstić information content (AvgIpc) is 3.31. The predicted octanol–water partition coefficient (Wildman–Crippen LogP) is 3.67. The van der Waals surface area contributed by atoms with Crippen molar-refractivity contribution in [3.8, 4) is 11.5 Å². The van der Waals surface area contributed by atoms with Gasteiger partial charge >= 0.3 is 0 Å². The molecule has 3 heterocycles. The van der Waals surface area contributed by atoms with Crippen molar-refractivity contribution in [1.82, 2.24) is 9.80 Å². The fourth-order valence-electron chi connectivity index (χ4n) is 4.93. The van der Waals surface area contributed by atoms with E-state index in [1.165, 1.54) is 4.90 Å². The molecule has 0 N–H and O–H groups in total. The van der Waals surface area contributed by atoms with Crippen molar-refractivity contribution in [1.29, 1.82) is 0 Å². The van der Waals surface area contributed by atoms with Gasteiger partial charge in [0.25, 0.3) is 11.8 Å². The van der Waals surface area contributed by atoms with Gasteiger partial charge < -0.3 is 14.4 Å². The van der Waals surface area contributed by atoms with Crippen molar-refractivity contribution in [3.63, 3.8) is 0 Å². The van der Waals surface area contributed by atoms with Crippen LogP contribution in [-0.4, -0.2) is 41.5 Å². The molecule has 1 saturated heterocycles. The number of rotatable bonds is 4. The monoisotopic (exact) mass is 418 g/mol. The molecule has 0 radical (unpaired) electrons. The molecule has 160 valence electrons. The van der Waals surface area contributed by atoms with E-state index in [4.69, 9.17) is 9.47 Å². The molecule has 0 aromatic heterocycles. The number of hydrogen-bond donors (Lipinski definition) is 0. The number of carbonyl (C=O) groups excluding carboxylic acids is 2. The minimum absolute atomic E-state index is 0.190. The number of carbonyl (C=O) groups is 2. The Balaban J connectivity index is 1.51. The Bertz CT molecular complexity index is 1050. The first-order valence-corrected chi connectivity index (χ1v) is 10.8. The molecule has 31 heavy (non-hydrogen) atoms. The molecule has 0 bridgehead atoms. The molecule has 2 aromatic rings. The molecule has 5 rings (SSSR count). The van der Waals surface area contributed by atoms with Crippen LogP contribution in [0.3, 0.4) is 0 Å². The van der Waals surface area contributed by atoms with Crippen molar-refractivity contribution in [2.24, 2.45) is 11.8 Å². The first-order chi connectivity index (χ1) is 15.0. The summed E-state index contributed by atoms with van der Waals surface area (Å²) >= 11 is 0. The molecule has 0 aliphatic carbocycles. The molecule has 1 fully saturated rings. The molecule has 3 aliphatic heterocycles. The van der Waals surface area contributed by atoms with Crippen molar-refractivity contribution < 1.29 is 19.1 Å². The third kappa shape index (κ3) is 3.56. The van der Waals surface area contributed by atoms with Gasteiger partial charge in [-0.3, -0.25) is 14.5 Å². The van der Waals surface area contributed by atoms with E-state index in [1.54, 1.807) is 0 Å². The zero-order valence-electron chi connectivity index (χ0n) is 17.8. The van der Waals surface area contributed by atoms with Gasteiger partial charge in [0, 0.05) is 13.1 Å². The molecule has 3 aliphatic rings. The standard InChI is InChI=1S/C25H26N2O4/c1-16-10-17(2)13-26(12-16)23-22(19-6-4-3-5-7-19)24(28)27(25(23)29)14-18-8-9-20-21(11-18)31-15-30-20/h3-9,11,16-17H,10,12-15H2,1-2H3. The van der Waals surface area contributed by atoms with E-state index in [1.807, 2.05) is 48.5 Å². The fourth-order valence-corrected chi connectivity index (χ4v) is 4.93. The van der Waals surface area contributed by atoms with Gasteiger partial charge in [0.05, 0.1) is 12.1 Å². The number of amides is 2. The zero-order chi connectivity index (χ0) is 21.5. The fraction of sp³-hybridized carbons (Fsp3) is 0.360. The second-order valence-electron chi connectivity index (χ2n) is 8.82. The van der Waals surface area contributed by atoms with Crippen molar-refractivity contribution in [2.75, 3.05) is 19.9 Å². The Hall–Kier alpha value is -3.28. The first-order valence-electron chi connectivity index (χ1n) is 10.8. The number of benzene rings is 2. The molecule has 2 unspecified atom stereocenters. The Kier molecular flexibility index (Phi) is 4.93. The van der Waals surface area contributed by atoms with Crippen LogP contribution in [0, 0.1) is 11.8 Å².